The van der Waals surface area contributed by atoms with Crippen molar-refractivity contribution in [2.45, 2.75) is 13.1 Å². The smallest absolute Gasteiger partial charge is 0.163 e. The van der Waals surface area contributed by atoms with Gasteiger partial charge in [0.25, 0.3) is 0 Å². The summed E-state index contributed by atoms with van der Waals surface area (Å²) in [6.07, 6.45) is 0. The summed E-state index contributed by atoms with van der Waals surface area (Å²) in [6.45, 7) is 1.96. The molecule has 0 fully saturated rings. The SMILES string of the molecule is NCc1nc2cc3c(cc2n1CCO)OCCO3. The van der Waals surface area contributed by atoms with E-state index in [0.717, 1.165) is 22.6 Å². The number of rotatable bonds is 3. The van der Waals surface area contributed by atoms with Crippen molar-refractivity contribution in [3.63, 3.8) is 0 Å². The van der Waals surface area contributed by atoms with Crippen LogP contribution in [-0.4, -0.2) is 34.5 Å². The molecule has 0 amide bonds. The highest BCUT2D eigenvalue weighted by molar-refractivity contribution is 5.80. The summed E-state index contributed by atoms with van der Waals surface area (Å²) in [4.78, 5) is 4.45. The normalized spacial score (nSPS) is 14.1. The monoisotopic (exact) mass is 249 g/mol. The van der Waals surface area contributed by atoms with Crippen molar-refractivity contribution < 1.29 is 14.6 Å². The molecule has 6 heteroatoms. The number of hydrogen-bond donors (Lipinski definition) is 2. The highest BCUT2D eigenvalue weighted by atomic mass is 16.6. The summed E-state index contributed by atoms with van der Waals surface area (Å²) in [5.41, 5.74) is 7.39. The Morgan fingerprint density at radius 2 is 2.00 bits per heavy atom. The van der Waals surface area contributed by atoms with Gasteiger partial charge in [-0.15, -0.1) is 0 Å². The van der Waals surface area contributed by atoms with Gasteiger partial charge in [0.2, 0.25) is 0 Å². The standard InChI is InChI=1S/C12H15N3O3/c13-7-12-14-8-5-10-11(18-4-3-17-10)6-9(8)15(12)1-2-16/h5-6,16H,1-4,7,13H2. The van der Waals surface area contributed by atoms with Gasteiger partial charge in [-0.25, -0.2) is 4.98 Å². The van der Waals surface area contributed by atoms with Crippen LogP contribution in [0.5, 0.6) is 11.5 Å². The van der Waals surface area contributed by atoms with Gasteiger partial charge in [0.15, 0.2) is 11.5 Å². The first-order valence-electron chi connectivity index (χ1n) is 5.93. The largest absolute Gasteiger partial charge is 0.486 e. The van der Waals surface area contributed by atoms with Crippen LogP contribution in [0.25, 0.3) is 11.0 Å². The second kappa shape index (κ2) is 4.47. The molecule has 18 heavy (non-hydrogen) atoms. The molecular formula is C12H15N3O3. The number of nitrogens with two attached hydrogens (primary N) is 1. The maximum absolute atomic E-state index is 9.11. The van der Waals surface area contributed by atoms with Crippen LogP contribution in [0.2, 0.25) is 0 Å². The Kier molecular flexibility index (Phi) is 2.81. The molecule has 0 spiro atoms. The number of aliphatic hydroxyl groups is 1. The van der Waals surface area contributed by atoms with Crippen molar-refractivity contribution in [3.8, 4) is 11.5 Å². The van der Waals surface area contributed by atoms with Crippen LogP contribution in [-0.2, 0) is 13.1 Å². The molecule has 0 atom stereocenters. The summed E-state index contributed by atoms with van der Waals surface area (Å²) < 4.78 is 13.0. The average Bonchev–Trinajstić information content (AvgIpc) is 2.74. The molecule has 0 bridgehead atoms. The van der Waals surface area contributed by atoms with E-state index in [4.69, 9.17) is 20.3 Å². The van der Waals surface area contributed by atoms with E-state index in [2.05, 4.69) is 4.98 Å². The zero-order valence-electron chi connectivity index (χ0n) is 9.93. The predicted molar refractivity (Wildman–Crippen MR) is 65.7 cm³/mol. The van der Waals surface area contributed by atoms with Crippen molar-refractivity contribution >= 4 is 11.0 Å². The third kappa shape index (κ3) is 1.70. The molecule has 0 radical (unpaired) electrons. The Balaban J connectivity index is 2.19. The van der Waals surface area contributed by atoms with Gasteiger partial charge in [0, 0.05) is 18.7 Å². The highest BCUT2D eigenvalue weighted by Crippen LogP contribution is 2.34. The fourth-order valence-corrected chi connectivity index (χ4v) is 2.22. The molecule has 1 aromatic heterocycles. The maximum Gasteiger partial charge on any atom is 0.163 e. The van der Waals surface area contributed by atoms with Gasteiger partial charge in [-0.1, -0.05) is 0 Å². The quantitative estimate of drug-likeness (QED) is 0.815. The van der Waals surface area contributed by atoms with E-state index in [1.54, 1.807) is 0 Å². The highest BCUT2D eigenvalue weighted by Gasteiger charge is 2.17. The Hall–Kier alpha value is -1.79. The zero-order chi connectivity index (χ0) is 12.5. The third-order valence-corrected chi connectivity index (χ3v) is 3.00. The maximum atomic E-state index is 9.11. The lowest BCUT2D eigenvalue weighted by Crippen LogP contribution is -2.15. The number of aliphatic hydroxyl groups excluding tert-OH is 1. The molecule has 0 unspecified atom stereocenters. The molecule has 0 aliphatic carbocycles. The minimum Gasteiger partial charge on any atom is -0.486 e. The summed E-state index contributed by atoms with van der Waals surface area (Å²) in [7, 11) is 0. The second-order valence-electron chi connectivity index (χ2n) is 4.09. The number of nitrogens with zero attached hydrogens (tertiary/aromatic N) is 2. The molecule has 1 aromatic carbocycles. The van der Waals surface area contributed by atoms with Crippen LogP contribution < -0.4 is 15.2 Å². The Bertz CT molecular complexity index is 579. The average molecular weight is 249 g/mol. The van der Waals surface area contributed by atoms with Crippen LogP contribution in [0.1, 0.15) is 5.82 Å². The first kappa shape index (κ1) is 11.3. The van der Waals surface area contributed by atoms with Gasteiger partial charge in [-0.2, -0.15) is 0 Å². The fraction of sp³-hybridized carbons (Fsp3) is 0.417. The molecule has 96 valence electrons. The lowest BCUT2D eigenvalue weighted by molar-refractivity contribution is 0.172. The summed E-state index contributed by atoms with van der Waals surface area (Å²) in [5, 5.41) is 9.11. The van der Waals surface area contributed by atoms with Gasteiger partial charge in [0.1, 0.15) is 19.0 Å². The van der Waals surface area contributed by atoms with Gasteiger partial charge >= 0.3 is 0 Å². The van der Waals surface area contributed by atoms with Crippen LogP contribution >= 0.6 is 0 Å². The lowest BCUT2D eigenvalue weighted by Gasteiger charge is -2.18. The van der Waals surface area contributed by atoms with E-state index >= 15 is 0 Å². The first-order valence-corrected chi connectivity index (χ1v) is 5.93. The minimum absolute atomic E-state index is 0.0485. The Morgan fingerprint density at radius 3 is 2.67 bits per heavy atom. The molecule has 0 saturated carbocycles. The van der Waals surface area contributed by atoms with Gasteiger partial charge in [-0.05, 0) is 0 Å². The van der Waals surface area contributed by atoms with Crippen LogP contribution in [0, 0.1) is 0 Å². The molecule has 3 rings (SSSR count). The number of ether oxygens (including phenoxy) is 2. The molecule has 1 aliphatic heterocycles. The van der Waals surface area contributed by atoms with Gasteiger partial charge in [0.05, 0.1) is 24.2 Å². The van der Waals surface area contributed by atoms with Crippen LogP contribution in [0.15, 0.2) is 12.1 Å². The number of benzene rings is 1. The first-order chi connectivity index (χ1) is 8.83. The number of imidazole rings is 1. The molecule has 2 heterocycles. The number of hydrogen-bond acceptors (Lipinski definition) is 5. The second-order valence-corrected chi connectivity index (χ2v) is 4.09. The summed E-state index contributed by atoms with van der Waals surface area (Å²) in [6, 6.07) is 3.75. The minimum atomic E-state index is 0.0485. The molecule has 3 N–H and O–H groups in total. The Morgan fingerprint density at radius 1 is 1.28 bits per heavy atom. The van der Waals surface area contributed by atoms with Gasteiger partial charge in [-0.3, -0.25) is 0 Å². The Labute approximate surface area is 104 Å². The summed E-state index contributed by atoms with van der Waals surface area (Å²) in [5.74, 6) is 2.18. The predicted octanol–water partition coefficient (Wildman–Crippen LogP) is 0.258. The van der Waals surface area contributed by atoms with E-state index < -0.39 is 0 Å². The van der Waals surface area contributed by atoms with Crippen molar-refractivity contribution in [2.24, 2.45) is 5.73 Å². The molecule has 0 saturated heterocycles. The molecular weight excluding hydrogens is 234 g/mol. The van der Waals surface area contributed by atoms with Crippen LogP contribution in [0.3, 0.4) is 0 Å². The molecule has 2 aromatic rings. The van der Waals surface area contributed by atoms with Gasteiger partial charge < -0.3 is 24.9 Å². The number of fused-ring (bicyclic) bond motifs is 2. The van der Waals surface area contributed by atoms with Crippen LogP contribution in [0.4, 0.5) is 0 Å². The van der Waals surface area contributed by atoms with E-state index in [1.807, 2.05) is 16.7 Å². The topological polar surface area (TPSA) is 82.5 Å². The van der Waals surface area contributed by atoms with Crippen molar-refractivity contribution in [1.29, 1.82) is 0 Å². The van der Waals surface area contributed by atoms with E-state index in [-0.39, 0.29) is 6.61 Å². The van der Waals surface area contributed by atoms with Crippen molar-refractivity contribution in [1.82, 2.24) is 9.55 Å². The third-order valence-electron chi connectivity index (χ3n) is 3.00. The van der Waals surface area contributed by atoms with Crippen molar-refractivity contribution in [2.75, 3.05) is 19.8 Å². The van der Waals surface area contributed by atoms with E-state index in [9.17, 15) is 0 Å². The number of aromatic nitrogens is 2. The van der Waals surface area contributed by atoms with E-state index in [0.29, 0.717) is 32.1 Å². The molecule has 1 aliphatic rings. The lowest BCUT2D eigenvalue weighted by atomic mass is 10.2. The van der Waals surface area contributed by atoms with E-state index in [1.165, 1.54) is 0 Å². The zero-order valence-corrected chi connectivity index (χ0v) is 9.93. The van der Waals surface area contributed by atoms with Crippen molar-refractivity contribution in [3.05, 3.63) is 18.0 Å². The fourth-order valence-electron chi connectivity index (χ4n) is 2.22. The summed E-state index contributed by atoms with van der Waals surface area (Å²) >= 11 is 0. The molecule has 6 nitrogen and oxygen atoms in total.